The van der Waals surface area contributed by atoms with Gasteiger partial charge in [-0.2, -0.15) is 0 Å². The average molecular weight is 309 g/mol. The largest absolute Gasteiger partial charge is 0.346 e. The van der Waals surface area contributed by atoms with E-state index >= 15 is 0 Å². The van der Waals surface area contributed by atoms with Crippen molar-refractivity contribution in [2.75, 3.05) is 11.4 Å². The number of aromatic nitrogens is 4. The van der Waals surface area contributed by atoms with Gasteiger partial charge in [0.15, 0.2) is 0 Å². The first-order valence-corrected chi connectivity index (χ1v) is 9.06. The smallest absolute Gasteiger partial charge is 0.133 e. The number of fused-ring (bicyclic) bond motifs is 1. The molecule has 0 amide bonds. The van der Waals surface area contributed by atoms with Crippen LogP contribution in [0, 0.1) is 0 Å². The second kappa shape index (κ2) is 5.32. The van der Waals surface area contributed by atoms with Crippen LogP contribution in [-0.4, -0.2) is 26.5 Å². The van der Waals surface area contributed by atoms with Crippen molar-refractivity contribution in [3.05, 3.63) is 35.3 Å². The summed E-state index contributed by atoms with van der Waals surface area (Å²) >= 11 is 0. The Morgan fingerprint density at radius 1 is 1.04 bits per heavy atom. The highest BCUT2D eigenvalue weighted by molar-refractivity contribution is 5.42. The van der Waals surface area contributed by atoms with Crippen LogP contribution in [0.2, 0.25) is 0 Å². The summed E-state index contributed by atoms with van der Waals surface area (Å²) in [6.07, 6.45) is 11.7. The zero-order valence-corrected chi connectivity index (χ0v) is 13.5. The summed E-state index contributed by atoms with van der Waals surface area (Å²) in [6.45, 7) is 1.07. The number of hydrogen-bond acceptors (Lipinski definition) is 4. The number of imidazole rings is 1. The average Bonchev–Trinajstić information content (AvgIpc) is 3.17. The number of nitrogens with zero attached hydrogens (tertiary/aromatic N) is 4. The summed E-state index contributed by atoms with van der Waals surface area (Å²) < 4.78 is 0. The number of aromatic amines is 1. The molecule has 5 heteroatoms. The highest BCUT2D eigenvalue weighted by Crippen LogP contribution is 2.40. The third-order valence-electron chi connectivity index (χ3n) is 5.44. The van der Waals surface area contributed by atoms with Gasteiger partial charge in [-0.25, -0.2) is 15.0 Å². The number of hydrogen-bond donors (Lipinski definition) is 1. The molecule has 1 saturated carbocycles. The fourth-order valence-electron chi connectivity index (χ4n) is 4.02. The van der Waals surface area contributed by atoms with E-state index in [1.165, 1.54) is 43.5 Å². The zero-order chi connectivity index (χ0) is 15.2. The summed E-state index contributed by atoms with van der Waals surface area (Å²) in [4.78, 5) is 20.3. The van der Waals surface area contributed by atoms with Gasteiger partial charge < -0.3 is 9.88 Å². The van der Waals surface area contributed by atoms with Crippen molar-refractivity contribution in [3.8, 4) is 0 Å². The van der Waals surface area contributed by atoms with Gasteiger partial charge in [0.05, 0.1) is 11.7 Å². The predicted octanol–water partition coefficient (Wildman–Crippen LogP) is 3.30. The maximum atomic E-state index is 4.94. The molecule has 0 unspecified atom stereocenters. The van der Waals surface area contributed by atoms with Gasteiger partial charge in [0.1, 0.15) is 17.5 Å². The highest BCUT2D eigenvalue weighted by Gasteiger charge is 2.32. The lowest BCUT2D eigenvalue weighted by Gasteiger charge is -2.24. The van der Waals surface area contributed by atoms with Gasteiger partial charge in [-0.3, -0.25) is 0 Å². The van der Waals surface area contributed by atoms with E-state index in [0.29, 0.717) is 12.0 Å². The first kappa shape index (κ1) is 13.5. The summed E-state index contributed by atoms with van der Waals surface area (Å²) in [6, 6.07) is 2.41. The van der Waals surface area contributed by atoms with Crippen LogP contribution in [0.15, 0.2) is 12.3 Å². The summed E-state index contributed by atoms with van der Waals surface area (Å²) in [7, 11) is 0. The molecule has 3 aliphatic rings. The Morgan fingerprint density at radius 3 is 2.83 bits per heavy atom. The van der Waals surface area contributed by atoms with Crippen LogP contribution in [-0.2, 0) is 12.8 Å². The minimum absolute atomic E-state index is 0.350. The van der Waals surface area contributed by atoms with Gasteiger partial charge in [0.2, 0.25) is 0 Å². The van der Waals surface area contributed by atoms with Crippen molar-refractivity contribution < 1.29 is 0 Å². The zero-order valence-electron chi connectivity index (χ0n) is 13.5. The molecule has 1 atom stereocenters. The SMILES string of the molecule is c1cc(N2CCC[C@@H]2c2nc3c([nH]2)CCCC3)nc(C2CC2)n1. The molecule has 2 fully saturated rings. The summed E-state index contributed by atoms with van der Waals surface area (Å²) in [5.41, 5.74) is 2.68. The number of nitrogens with one attached hydrogen (secondary N) is 1. The van der Waals surface area contributed by atoms with Gasteiger partial charge >= 0.3 is 0 Å². The quantitative estimate of drug-likeness (QED) is 0.945. The molecule has 2 aromatic heterocycles. The Hall–Kier alpha value is -1.91. The number of anilines is 1. The maximum Gasteiger partial charge on any atom is 0.133 e. The molecule has 3 heterocycles. The van der Waals surface area contributed by atoms with Gasteiger partial charge in [0.25, 0.3) is 0 Å². The van der Waals surface area contributed by atoms with Crippen LogP contribution in [0.4, 0.5) is 5.82 Å². The molecule has 1 saturated heterocycles. The number of rotatable bonds is 3. The minimum Gasteiger partial charge on any atom is -0.346 e. The Kier molecular flexibility index (Phi) is 3.13. The van der Waals surface area contributed by atoms with Crippen LogP contribution < -0.4 is 4.90 Å². The van der Waals surface area contributed by atoms with E-state index in [0.717, 1.165) is 43.3 Å². The van der Waals surface area contributed by atoms with Crippen molar-refractivity contribution in [1.29, 1.82) is 0 Å². The molecule has 1 N–H and O–H groups in total. The Bertz CT molecular complexity index is 694. The molecule has 0 bridgehead atoms. The molecule has 23 heavy (non-hydrogen) atoms. The van der Waals surface area contributed by atoms with E-state index in [1.807, 2.05) is 6.20 Å². The lowest BCUT2D eigenvalue weighted by atomic mass is 10.0. The molecule has 2 aliphatic carbocycles. The van der Waals surface area contributed by atoms with Crippen LogP contribution in [0.3, 0.4) is 0 Å². The molecule has 5 nitrogen and oxygen atoms in total. The minimum atomic E-state index is 0.350. The first-order valence-electron chi connectivity index (χ1n) is 9.06. The fourth-order valence-corrected chi connectivity index (χ4v) is 4.02. The van der Waals surface area contributed by atoms with Gasteiger partial charge in [0, 0.05) is 24.4 Å². The second-order valence-electron chi connectivity index (χ2n) is 7.15. The van der Waals surface area contributed by atoms with Crippen LogP contribution in [0.5, 0.6) is 0 Å². The van der Waals surface area contributed by atoms with Crippen molar-refractivity contribution in [1.82, 2.24) is 19.9 Å². The second-order valence-corrected chi connectivity index (χ2v) is 7.15. The van der Waals surface area contributed by atoms with Crippen LogP contribution >= 0.6 is 0 Å². The summed E-state index contributed by atoms with van der Waals surface area (Å²) in [5, 5.41) is 0. The van der Waals surface area contributed by atoms with Crippen molar-refractivity contribution in [2.24, 2.45) is 0 Å². The molecule has 2 aromatic rings. The monoisotopic (exact) mass is 309 g/mol. The van der Waals surface area contributed by atoms with E-state index in [-0.39, 0.29) is 0 Å². The molecule has 0 aromatic carbocycles. The molecule has 0 spiro atoms. The lowest BCUT2D eigenvalue weighted by Crippen LogP contribution is -2.25. The van der Waals surface area contributed by atoms with Gasteiger partial charge in [-0.1, -0.05) is 0 Å². The molecule has 0 radical (unpaired) electrons. The molecule has 1 aliphatic heterocycles. The normalized spacial score (nSPS) is 24.0. The van der Waals surface area contributed by atoms with E-state index in [1.54, 1.807) is 0 Å². The third kappa shape index (κ3) is 2.42. The van der Waals surface area contributed by atoms with Crippen molar-refractivity contribution >= 4 is 5.82 Å². The Labute approximate surface area is 136 Å². The third-order valence-corrected chi connectivity index (χ3v) is 5.44. The number of aryl methyl sites for hydroxylation is 2. The van der Waals surface area contributed by atoms with Crippen molar-refractivity contribution in [2.45, 2.75) is 63.3 Å². The maximum absolute atomic E-state index is 4.94. The summed E-state index contributed by atoms with van der Waals surface area (Å²) in [5.74, 6) is 3.87. The lowest BCUT2D eigenvalue weighted by molar-refractivity contribution is 0.664. The van der Waals surface area contributed by atoms with E-state index in [4.69, 9.17) is 9.97 Å². The van der Waals surface area contributed by atoms with Gasteiger partial charge in [-0.05, 0) is 57.4 Å². The topological polar surface area (TPSA) is 57.7 Å². The van der Waals surface area contributed by atoms with Gasteiger partial charge in [-0.15, -0.1) is 0 Å². The van der Waals surface area contributed by atoms with E-state index < -0.39 is 0 Å². The fraction of sp³-hybridized carbons (Fsp3) is 0.611. The highest BCUT2D eigenvalue weighted by atomic mass is 15.3. The van der Waals surface area contributed by atoms with Crippen LogP contribution in [0.25, 0.3) is 0 Å². The Morgan fingerprint density at radius 2 is 1.96 bits per heavy atom. The molecule has 120 valence electrons. The Balaban J connectivity index is 1.45. The number of H-pyrrole nitrogens is 1. The molecular weight excluding hydrogens is 286 g/mol. The van der Waals surface area contributed by atoms with Crippen molar-refractivity contribution in [3.63, 3.8) is 0 Å². The predicted molar refractivity (Wildman–Crippen MR) is 88.6 cm³/mol. The standard InChI is InChI=1S/C18H23N5/c1-2-5-14-13(4-1)20-18(21-14)15-6-3-11-23(15)16-9-10-19-17(22-16)12-7-8-12/h9-10,12,15H,1-8,11H2,(H,20,21)/t15-/m1/s1. The van der Waals surface area contributed by atoms with Crippen LogP contribution in [0.1, 0.15) is 73.5 Å². The first-order chi connectivity index (χ1) is 11.4. The molecular formula is C18H23N5. The van der Waals surface area contributed by atoms with E-state index in [2.05, 4.69) is 20.9 Å². The molecule has 5 rings (SSSR count). The van der Waals surface area contributed by atoms with E-state index in [9.17, 15) is 0 Å².